The molecule has 5 rings (SSSR count). The van der Waals surface area contributed by atoms with Crippen LogP contribution in [0.1, 0.15) is 67.6 Å². The molecule has 3 N–H and O–H groups in total. The van der Waals surface area contributed by atoms with Crippen LogP contribution in [-0.2, 0) is 10.3 Å². The first kappa shape index (κ1) is 24.8. The third kappa shape index (κ3) is 4.01. The van der Waals surface area contributed by atoms with Gasteiger partial charge in [0.1, 0.15) is 17.5 Å². The summed E-state index contributed by atoms with van der Waals surface area (Å²) < 4.78 is 51.9. The van der Waals surface area contributed by atoms with Crippen molar-refractivity contribution in [3.05, 3.63) is 58.7 Å². The lowest BCUT2D eigenvalue weighted by molar-refractivity contribution is -0.178. The molecule has 37 heavy (non-hydrogen) atoms. The maximum Gasteiger partial charge on any atom is 0.418 e. The molecule has 1 unspecified atom stereocenters. The number of nitrogens with zero attached hydrogens (tertiary/aromatic N) is 4. The van der Waals surface area contributed by atoms with Crippen molar-refractivity contribution in [2.75, 3.05) is 0 Å². The number of carbonyl (C=O) groups is 1. The first-order chi connectivity index (χ1) is 17.2. The number of halogens is 3. The van der Waals surface area contributed by atoms with Crippen LogP contribution in [0.25, 0.3) is 22.1 Å². The highest BCUT2D eigenvalue weighted by Crippen LogP contribution is 2.52. The van der Waals surface area contributed by atoms with Crippen molar-refractivity contribution in [3.63, 3.8) is 0 Å². The van der Waals surface area contributed by atoms with E-state index in [0.29, 0.717) is 11.1 Å². The van der Waals surface area contributed by atoms with Gasteiger partial charge in [0.2, 0.25) is 0 Å². The minimum atomic E-state index is -4.97. The van der Waals surface area contributed by atoms with Crippen LogP contribution >= 0.6 is 0 Å². The van der Waals surface area contributed by atoms with Crippen molar-refractivity contribution < 1.29 is 22.7 Å². The minimum Gasteiger partial charge on any atom is -0.443 e. The molecular weight excluding hydrogens is 485 g/mol. The summed E-state index contributed by atoms with van der Waals surface area (Å²) in [5, 5.41) is 9.36. The molecule has 0 saturated heterocycles. The van der Waals surface area contributed by atoms with Gasteiger partial charge in [-0.05, 0) is 69.7 Å². The predicted octanol–water partition coefficient (Wildman–Crippen LogP) is 5.52. The first-order valence-electron chi connectivity index (χ1n) is 11.7. The summed E-state index contributed by atoms with van der Waals surface area (Å²) >= 11 is 0. The Bertz CT molecular complexity index is 1600. The number of nitriles is 1. The molecule has 192 valence electrons. The van der Waals surface area contributed by atoms with Crippen molar-refractivity contribution in [2.45, 2.75) is 63.8 Å². The van der Waals surface area contributed by atoms with Crippen LogP contribution in [0.15, 0.2) is 30.6 Å². The van der Waals surface area contributed by atoms with E-state index >= 15 is 13.2 Å². The Balaban J connectivity index is 1.82. The quantitative estimate of drug-likeness (QED) is 0.374. The summed E-state index contributed by atoms with van der Waals surface area (Å²) in [6, 6.07) is 6.43. The average Bonchev–Trinajstić information content (AvgIpc) is 3.39. The van der Waals surface area contributed by atoms with Gasteiger partial charge in [-0.1, -0.05) is 6.07 Å². The number of nitrogens with two attached hydrogens (primary N) is 1. The molecule has 1 atom stereocenters. The Morgan fingerprint density at radius 1 is 1.27 bits per heavy atom. The van der Waals surface area contributed by atoms with Gasteiger partial charge in [0, 0.05) is 23.3 Å². The maximum atomic E-state index is 15.1. The molecule has 0 radical (unpaired) electrons. The second kappa shape index (κ2) is 8.05. The second-order valence-electron chi connectivity index (χ2n) is 10.5. The fourth-order valence-corrected chi connectivity index (χ4v) is 4.73. The molecule has 4 aromatic rings. The summed E-state index contributed by atoms with van der Waals surface area (Å²) in [5.41, 5.74) is 4.10. The fourth-order valence-electron chi connectivity index (χ4n) is 4.73. The molecule has 0 spiro atoms. The lowest BCUT2D eigenvalue weighted by Crippen LogP contribution is -2.53. The Hall–Kier alpha value is -3.91. The van der Waals surface area contributed by atoms with Crippen LogP contribution in [0.2, 0.25) is 0 Å². The molecule has 1 saturated carbocycles. The molecule has 1 aliphatic carbocycles. The van der Waals surface area contributed by atoms with E-state index in [1.807, 2.05) is 6.07 Å². The second-order valence-corrected chi connectivity index (χ2v) is 10.5. The van der Waals surface area contributed by atoms with Gasteiger partial charge in [-0.3, -0.25) is 4.57 Å². The van der Waals surface area contributed by atoms with Gasteiger partial charge in [0.15, 0.2) is 11.2 Å². The highest BCUT2D eigenvalue weighted by Gasteiger charge is 2.59. The van der Waals surface area contributed by atoms with Crippen LogP contribution < -0.4 is 5.73 Å². The number of aryl methyl sites for hydroxylation is 1. The molecule has 11 heteroatoms. The average molecular weight is 511 g/mol. The van der Waals surface area contributed by atoms with E-state index in [2.05, 4.69) is 15.0 Å². The molecule has 3 heterocycles. The summed E-state index contributed by atoms with van der Waals surface area (Å²) in [5.74, 6) is -0.643. The summed E-state index contributed by atoms with van der Waals surface area (Å²) in [6.07, 6.45) is -1.58. The monoisotopic (exact) mass is 510 g/mol. The molecular formula is C26H25F3N6O2. The van der Waals surface area contributed by atoms with Gasteiger partial charge < -0.3 is 15.5 Å². The van der Waals surface area contributed by atoms with Crippen molar-refractivity contribution in [1.29, 1.82) is 5.26 Å². The smallest absolute Gasteiger partial charge is 0.418 e. The van der Waals surface area contributed by atoms with Crippen LogP contribution in [0, 0.1) is 18.3 Å². The van der Waals surface area contributed by atoms with Crippen LogP contribution in [0.4, 0.5) is 18.0 Å². The topological polar surface area (TPSA) is 123 Å². The minimum absolute atomic E-state index is 0.00993. The lowest BCUT2D eigenvalue weighted by atomic mass is 9.81. The van der Waals surface area contributed by atoms with E-state index in [-0.39, 0.29) is 39.1 Å². The highest BCUT2D eigenvalue weighted by atomic mass is 19.4. The number of carbonyl (C=O) groups excluding carboxylic acids is 1. The van der Waals surface area contributed by atoms with Crippen LogP contribution in [0.5, 0.6) is 0 Å². The van der Waals surface area contributed by atoms with Crippen molar-refractivity contribution >= 4 is 28.2 Å². The number of rotatable bonds is 3. The molecule has 0 bridgehead atoms. The number of imidazole rings is 1. The van der Waals surface area contributed by atoms with E-state index < -0.39 is 29.2 Å². The molecule has 0 amide bonds. The first-order valence-corrected chi connectivity index (χ1v) is 11.7. The van der Waals surface area contributed by atoms with Gasteiger partial charge in [-0.2, -0.15) is 18.4 Å². The molecule has 1 aromatic carbocycles. The summed E-state index contributed by atoms with van der Waals surface area (Å²) in [6.45, 7) is 6.88. The largest absolute Gasteiger partial charge is 0.443 e. The van der Waals surface area contributed by atoms with E-state index in [9.17, 15) is 4.79 Å². The number of aromatic amines is 1. The van der Waals surface area contributed by atoms with E-state index in [1.54, 1.807) is 33.8 Å². The Labute approximate surface area is 210 Å². The third-order valence-corrected chi connectivity index (χ3v) is 6.48. The number of hydrogen-bond donors (Lipinski definition) is 2. The zero-order chi connectivity index (χ0) is 26.9. The number of nitrogens with one attached hydrogen (secondary N) is 1. The number of ether oxygens (including phenoxy) is 1. The number of fused-ring (bicyclic) bond motifs is 2. The van der Waals surface area contributed by atoms with Gasteiger partial charge in [-0.15, -0.1) is 0 Å². The van der Waals surface area contributed by atoms with Crippen molar-refractivity contribution in [2.24, 2.45) is 5.73 Å². The highest BCUT2D eigenvalue weighted by molar-refractivity contribution is 5.95. The Kier molecular flexibility index (Phi) is 5.39. The SMILES string of the molecule is Cc1cc(C2CC2)c(C(N)(c2nc3ncc(C#N)cc3[nH]2)C(F)(F)F)c2ccn(C(=O)OC(C)(C)C)c12. The summed E-state index contributed by atoms with van der Waals surface area (Å²) in [7, 11) is 0. The zero-order valence-electron chi connectivity index (χ0n) is 20.7. The van der Waals surface area contributed by atoms with Crippen molar-refractivity contribution in [1.82, 2.24) is 19.5 Å². The number of benzene rings is 1. The number of alkyl halides is 3. The van der Waals surface area contributed by atoms with Crippen LogP contribution in [-0.4, -0.2) is 37.4 Å². The molecule has 1 fully saturated rings. The fraction of sp³-hybridized carbons (Fsp3) is 0.385. The maximum absolute atomic E-state index is 15.1. The normalized spacial score (nSPS) is 16.1. The number of pyridine rings is 1. The van der Waals surface area contributed by atoms with Crippen LogP contribution in [0.3, 0.4) is 0 Å². The molecule has 3 aromatic heterocycles. The Morgan fingerprint density at radius 3 is 2.57 bits per heavy atom. The molecule has 0 aliphatic heterocycles. The number of hydrogen-bond acceptors (Lipinski definition) is 6. The molecule has 1 aliphatic rings. The standard InChI is InChI=1S/C26H25F3N6O2/c1-13-9-17(15-5-6-15)19(16-7-8-35(20(13)16)23(36)37-24(2,3)4)25(31,26(27,28)29)22-33-18-10-14(11-30)12-32-21(18)34-22/h7-10,12,15H,5-6,31H2,1-4H3,(H,32,33,34). The lowest BCUT2D eigenvalue weighted by Gasteiger charge is -2.33. The van der Waals surface area contributed by atoms with E-state index in [0.717, 1.165) is 12.8 Å². The van der Waals surface area contributed by atoms with E-state index in [1.165, 1.54) is 29.1 Å². The van der Waals surface area contributed by atoms with Gasteiger partial charge >= 0.3 is 12.3 Å². The molecule has 8 nitrogen and oxygen atoms in total. The third-order valence-electron chi connectivity index (χ3n) is 6.48. The zero-order valence-corrected chi connectivity index (χ0v) is 20.7. The van der Waals surface area contributed by atoms with Gasteiger partial charge in [0.05, 0.1) is 16.6 Å². The number of aromatic nitrogens is 4. The van der Waals surface area contributed by atoms with Crippen molar-refractivity contribution in [3.8, 4) is 6.07 Å². The van der Waals surface area contributed by atoms with E-state index in [4.69, 9.17) is 15.7 Å². The van der Waals surface area contributed by atoms with Gasteiger partial charge in [0.25, 0.3) is 0 Å². The van der Waals surface area contributed by atoms with Gasteiger partial charge in [-0.25, -0.2) is 14.8 Å². The summed E-state index contributed by atoms with van der Waals surface area (Å²) in [4.78, 5) is 23.8. The number of H-pyrrole nitrogens is 1. The Morgan fingerprint density at radius 2 is 1.97 bits per heavy atom. The predicted molar refractivity (Wildman–Crippen MR) is 130 cm³/mol.